The Labute approximate surface area is 145 Å². The third kappa shape index (κ3) is 3.95. The minimum absolute atomic E-state index is 0.0482. The van der Waals surface area contributed by atoms with Gasteiger partial charge in [0.1, 0.15) is 11.6 Å². The third-order valence-corrected chi connectivity index (χ3v) is 4.73. The maximum Gasteiger partial charge on any atom is 0.254 e. The van der Waals surface area contributed by atoms with Gasteiger partial charge < -0.3 is 9.88 Å². The maximum atomic E-state index is 13.4. The quantitative estimate of drug-likeness (QED) is 0.926. The first-order valence-corrected chi connectivity index (χ1v) is 8.54. The molecule has 0 radical (unpaired) electrons. The average Bonchev–Trinajstić information content (AvgIpc) is 2.99. The zero-order valence-corrected chi connectivity index (χ0v) is 14.5. The van der Waals surface area contributed by atoms with E-state index in [4.69, 9.17) is 0 Å². The van der Waals surface area contributed by atoms with E-state index in [-0.39, 0.29) is 29.7 Å². The molecule has 1 aliphatic heterocycles. The number of hydrogen-bond acceptors (Lipinski definition) is 3. The summed E-state index contributed by atoms with van der Waals surface area (Å²) in [5.41, 5.74) is 1.65. The molecule has 1 saturated heterocycles. The van der Waals surface area contributed by atoms with Gasteiger partial charge in [0.05, 0.1) is 6.42 Å². The number of H-pyrrole nitrogens is 1. The number of rotatable bonds is 4. The zero-order valence-electron chi connectivity index (χ0n) is 14.5. The van der Waals surface area contributed by atoms with E-state index < -0.39 is 0 Å². The fourth-order valence-corrected chi connectivity index (χ4v) is 3.52. The Morgan fingerprint density at radius 2 is 2.20 bits per heavy atom. The molecule has 1 N–H and O–H groups in total. The normalized spacial score (nSPS) is 17.1. The van der Waals surface area contributed by atoms with E-state index in [2.05, 4.69) is 9.97 Å². The lowest BCUT2D eigenvalue weighted by atomic mass is 10.0. The molecule has 2 heterocycles. The first-order chi connectivity index (χ1) is 11.9. The monoisotopic (exact) mass is 343 g/mol. The molecule has 6 heteroatoms. The molecule has 0 aliphatic carbocycles. The van der Waals surface area contributed by atoms with E-state index in [1.165, 1.54) is 12.1 Å². The van der Waals surface area contributed by atoms with E-state index >= 15 is 0 Å². The summed E-state index contributed by atoms with van der Waals surface area (Å²) in [4.78, 5) is 33.6. The fraction of sp³-hybridized carbons (Fsp3) is 0.421. The van der Waals surface area contributed by atoms with Crippen molar-refractivity contribution in [2.45, 2.75) is 45.6 Å². The molecule has 1 amide bonds. The molecule has 0 bridgehead atoms. The lowest BCUT2D eigenvalue weighted by Crippen LogP contribution is -2.39. The van der Waals surface area contributed by atoms with E-state index in [0.29, 0.717) is 30.0 Å². The van der Waals surface area contributed by atoms with Gasteiger partial charge in [-0.15, -0.1) is 0 Å². The summed E-state index contributed by atoms with van der Waals surface area (Å²) in [7, 11) is 0. The van der Waals surface area contributed by atoms with Crippen LogP contribution >= 0.6 is 0 Å². The van der Waals surface area contributed by atoms with Crippen molar-refractivity contribution in [3.63, 3.8) is 0 Å². The summed E-state index contributed by atoms with van der Waals surface area (Å²) in [6, 6.07) is 6.54. The number of amides is 1. The van der Waals surface area contributed by atoms with Gasteiger partial charge in [0, 0.05) is 23.8 Å². The van der Waals surface area contributed by atoms with Crippen molar-refractivity contribution in [1.82, 2.24) is 14.9 Å². The standard InChI is InChI=1S/C19H22FN3O2/c1-12-17(19(25)22-13(2)21-12)11-18(24)23-8-4-7-16(23)10-14-5-3-6-15(20)9-14/h3,5-6,9,16H,4,7-8,10-11H2,1-2H3,(H,21,22,25)/t16-/m1/s1. The number of nitrogens with zero attached hydrogens (tertiary/aromatic N) is 2. The molecule has 1 aromatic heterocycles. The first kappa shape index (κ1) is 17.3. The molecule has 1 aromatic carbocycles. The minimum atomic E-state index is -0.263. The predicted octanol–water partition coefficient (Wildman–Crippen LogP) is 2.30. The van der Waals surface area contributed by atoms with E-state index in [1.807, 2.05) is 11.0 Å². The molecule has 0 saturated carbocycles. The molecule has 25 heavy (non-hydrogen) atoms. The molecule has 3 rings (SSSR count). The van der Waals surface area contributed by atoms with Gasteiger partial charge in [0.15, 0.2) is 0 Å². The molecule has 5 nitrogen and oxygen atoms in total. The van der Waals surface area contributed by atoms with Crippen LogP contribution in [0.4, 0.5) is 4.39 Å². The van der Waals surface area contributed by atoms with Crippen LogP contribution in [0.5, 0.6) is 0 Å². The van der Waals surface area contributed by atoms with E-state index in [1.54, 1.807) is 19.9 Å². The van der Waals surface area contributed by atoms with Crippen molar-refractivity contribution in [3.05, 3.63) is 63.1 Å². The average molecular weight is 343 g/mol. The van der Waals surface area contributed by atoms with Crippen molar-refractivity contribution in [2.24, 2.45) is 0 Å². The number of aromatic nitrogens is 2. The number of aryl methyl sites for hydroxylation is 2. The second kappa shape index (κ2) is 7.17. The minimum Gasteiger partial charge on any atom is -0.339 e. The number of carbonyl (C=O) groups is 1. The van der Waals surface area contributed by atoms with Gasteiger partial charge in [-0.1, -0.05) is 12.1 Å². The highest BCUT2D eigenvalue weighted by atomic mass is 19.1. The van der Waals surface area contributed by atoms with Crippen LogP contribution in [-0.4, -0.2) is 33.4 Å². The van der Waals surface area contributed by atoms with Crippen LogP contribution in [0.3, 0.4) is 0 Å². The second-order valence-electron chi connectivity index (χ2n) is 6.61. The molecule has 132 valence electrons. The topological polar surface area (TPSA) is 66.1 Å². The third-order valence-electron chi connectivity index (χ3n) is 4.73. The van der Waals surface area contributed by atoms with E-state index in [0.717, 1.165) is 18.4 Å². The highest BCUT2D eigenvalue weighted by Crippen LogP contribution is 2.22. The molecule has 1 fully saturated rings. The summed E-state index contributed by atoms with van der Waals surface area (Å²) >= 11 is 0. The summed E-state index contributed by atoms with van der Waals surface area (Å²) in [6.07, 6.45) is 2.50. The number of likely N-dealkylation sites (tertiary alicyclic amines) is 1. The molecular formula is C19H22FN3O2. The summed E-state index contributed by atoms with van der Waals surface area (Å²) < 4.78 is 13.4. The van der Waals surface area contributed by atoms with Crippen LogP contribution in [0.15, 0.2) is 29.1 Å². The van der Waals surface area contributed by atoms with Crippen LogP contribution < -0.4 is 5.56 Å². The van der Waals surface area contributed by atoms with Gasteiger partial charge in [-0.2, -0.15) is 0 Å². The Kier molecular flexibility index (Phi) is 4.97. The highest BCUT2D eigenvalue weighted by Gasteiger charge is 2.29. The summed E-state index contributed by atoms with van der Waals surface area (Å²) in [5, 5.41) is 0. The van der Waals surface area contributed by atoms with Gasteiger partial charge >= 0.3 is 0 Å². The number of aromatic amines is 1. The van der Waals surface area contributed by atoms with Crippen LogP contribution in [0.2, 0.25) is 0 Å². The lowest BCUT2D eigenvalue weighted by molar-refractivity contribution is -0.131. The fourth-order valence-electron chi connectivity index (χ4n) is 3.52. The van der Waals surface area contributed by atoms with Gasteiger partial charge in [-0.3, -0.25) is 9.59 Å². The van der Waals surface area contributed by atoms with Crippen molar-refractivity contribution >= 4 is 5.91 Å². The van der Waals surface area contributed by atoms with Crippen molar-refractivity contribution in [2.75, 3.05) is 6.54 Å². The van der Waals surface area contributed by atoms with Crippen LogP contribution in [-0.2, 0) is 17.6 Å². The van der Waals surface area contributed by atoms with Crippen LogP contribution in [0.1, 0.15) is 35.5 Å². The first-order valence-electron chi connectivity index (χ1n) is 8.54. The van der Waals surface area contributed by atoms with Gasteiger partial charge in [0.25, 0.3) is 5.56 Å². The Bertz CT molecular complexity index is 847. The number of nitrogens with one attached hydrogen (secondary N) is 1. The molecule has 1 aliphatic rings. The molecule has 0 unspecified atom stereocenters. The van der Waals surface area contributed by atoms with Gasteiger partial charge in [-0.05, 0) is 50.8 Å². The number of benzene rings is 1. The van der Waals surface area contributed by atoms with Crippen molar-refractivity contribution in [1.29, 1.82) is 0 Å². The molecule has 1 atom stereocenters. The zero-order chi connectivity index (χ0) is 18.0. The van der Waals surface area contributed by atoms with Crippen LogP contribution in [0.25, 0.3) is 0 Å². The largest absolute Gasteiger partial charge is 0.339 e. The maximum absolute atomic E-state index is 13.4. The molecule has 2 aromatic rings. The van der Waals surface area contributed by atoms with Gasteiger partial charge in [0.2, 0.25) is 5.91 Å². The number of carbonyl (C=O) groups excluding carboxylic acids is 1. The lowest BCUT2D eigenvalue weighted by Gasteiger charge is -2.25. The smallest absolute Gasteiger partial charge is 0.254 e. The number of halogens is 1. The Balaban J connectivity index is 1.74. The van der Waals surface area contributed by atoms with Gasteiger partial charge in [-0.25, -0.2) is 9.37 Å². The summed E-state index contributed by atoms with van der Waals surface area (Å²) in [5.74, 6) is 0.211. The van der Waals surface area contributed by atoms with Crippen molar-refractivity contribution < 1.29 is 9.18 Å². The van der Waals surface area contributed by atoms with Crippen molar-refractivity contribution in [3.8, 4) is 0 Å². The number of hydrogen-bond donors (Lipinski definition) is 1. The molecular weight excluding hydrogens is 321 g/mol. The Morgan fingerprint density at radius 1 is 1.40 bits per heavy atom. The SMILES string of the molecule is Cc1nc(C)c(CC(=O)N2CCC[C@@H]2Cc2cccc(F)c2)c(=O)[nH]1. The highest BCUT2D eigenvalue weighted by molar-refractivity contribution is 5.79. The predicted molar refractivity (Wildman–Crippen MR) is 92.9 cm³/mol. The van der Waals surface area contributed by atoms with E-state index in [9.17, 15) is 14.0 Å². The summed E-state index contributed by atoms with van der Waals surface area (Å²) in [6.45, 7) is 4.14. The Morgan fingerprint density at radius 3 is 2.92 bits per heavy atom. The second-order valence-corrected chi connectivity index (χ2v) is 6.61. The Hall–Kier alpha value is -2.50. The van der Waals surface area contributed by atoms with Crippen LogP contribution in [0, 0.1) is 19.7 Å². The molecule has 0 spiro atoms.